The molecule has 0 fully saturated rings. The van der Waals surface area contributed by atoms with Gasteiger partial charge in [0, 0.05) is 0 Å². The molecule has 0 rings (SSSR count). The molecular weight excluding hydrogens is 204 g/mol. The molecule has 0 amide bonds. The normalized spacial score (nSPS) is 1.45. The van der Waals surface area contributed by atoms with Crippen LogP contribution >= 0.6 is 24.4 Å². The molecule has 0 aromatic heterocycles. The van der Waals surface area contributed by atoms with Crippen molar-refractivity contribution in [3.63, 3.8) is 0 Å². The van der Waals surface area contributed by atoms with Crippen molar-refractivity contribution in [2.75, 3.05) is 0 Å². The van der Waals surface area contributed by atoms with E-state index in [4.69, 9.17) is 10.8 Å². The zero-order valence-electron chi connectivity index (χ0n) is 5.42. The second-order valence-corrected chi connectivity index (χ2v) is 0.548. The number of isothiocyanates is 2. The standard InChI is InChI=1S/2CNS.Mg.4H2O/c2*2-1-3;;;;;/h;;;4*1H2/q2*-1;+2;;;;. The number of hydrogen-bond donors (Lipinski definition) is 0. The molecule has 0 aliphatic rings. The van der Waals surface area contributed by atoms with Crippen LogP contribution in [0, 0.1) is 0 Å². The fourth-order valence-electron chi connectivity index (χ4n) is 0. The third kappa shape index (κ3) is 16200. The van der Waals surface area contributed by atoms with Gasteiger partial charge in [-0.25, -0.2) is 0 Å². The van der Waals surface area contributed by atoms with Gasteiger partial charge in [-0.1, -0.05) is 24.4 Å². The van der Waals surface area contributed by atoms with Gasteiger partial charge in [-0.05, 0) is 0 Å². The van der Waals surface area contributed by atoms with Gasteiger partial charge in [0.25, 0.3) is 0 Å². The van der Waals surface area contributed by atoms with E-state index in [1.54, 1.807) is 0 Å². The minimum absolute atomic E-state index is 0. The van der Waals surface area contributed by atoms with Crippen LogP contribution < -0.4 is 0 Å². The average Bonchev–Trinajstić information content (AvgIpc) is 1.39. The largest absolute Gasteiger partial charge is 2.00 e. The van der Waals surface area contributed by atoms with Crippen LogP contribution in [0.25, 0.3) is 10.8 Å². The summed E-state index contributed by atoms with van der Waals surface area (Å²) in [4.78, 5) is 0. The Morgan fingerprint density at radius 1 is 0.727 bits per heavy atom. The first-order chi connectivity index (χ1) is 2.83. The molecule has 0 aliphatic carbocycles. The maximum absolute atomic E-state index is 7.13. The molecule has 0 aromatic rings. The number of hydrogen-bond acceptors (Lipinski definition) is 2. The predicted octanol–water partition coefficient (Wildman–Crippen LogP) is -2.36. The van der Waals surface area contributed by atoms with Gasteiger partial charge in [0.05, 0.1) is 0 Å². The molecule has 9 heteroatoms. The summed E-state index contributed by atoms with van der Waals surface area (Å²) in [7, 11) is 0. The van der Waals surface area contributed by atoms with Gasteiger partial charge in [0.15, 0.2) is 0 Å². The number of nitrogens with zero attached hydrogens (tertiary/aromatic N) is 2. The van der Waals surface area contributed by atoms with Crippen molar-refractivity contribution in [3.8, 4) is 0 Å². The predicted molar refractivity (Wildman–Crippen MR) is 52.1 cm³/mol. The van der Waals surface area contributed by atoms with Crippen molar-refractivity contribution in [3.05, 3.63) is 10.8 Å². The Hall–Kier alpha value is 0.206. The Bertz CT molecular complexity index is 78.1. The van der Waals surface area contributed by atoms with E-state index in [1.807, 2.05) is 0 Å². The van der Waals surface area contributed by atoms with Gasteiger partial charge in [0.2, 0.25) is 0 Å². The summed E-state index contributed by atoms with van der Waals surface area (Å²) >= 11 is 7.40. The Labute approximate surface area is 90.4 Å². The van der Waals surface area contributed by atoms with Crippen LogP contribution in [0.3, 0.4) is 0 Å². The Kier molecular flexibility index (Phi) is 1070. The molecule has 0 aliphatic heterocycles. The summed E-state index contributed by atoms with van der Waals surface area (Å²) in [5.41, 5.74) is 0. The van der Waals surface area contributed by atoms with Crippen molar-refractivity contribution in [1.29, 1.82) is 0 Å². The van der Waals surface area contributed by atoms with Crippen molar-refractivity contribution >= 4 is 57.8 Å². The first kappa shape index (κ1) is 66.0. The van der Waals surface area contributed by atoms with Crippen molar-refractivity contribution in [2.45, 2.75) is 0 Å². The van der Waals surface area contributed by atoms with Crippen LogP contribution in [0.5, 0.6) is 0 Å². The van der Waals surface area contributed by atoms with Crippen LogP contribution in [0.2, 0.25) is 0 Å². The summed E-state index contributed by atoms with van der Waals surface area (Å²) in [6.45, 7) is 0. The molecule has 0 saturated carbocycles. The van der Waals surface area contributed by atoms with E-state index >= 15 is 0 Å². The van der Waals surface area contributed by atoms with Crippen LogP contribution in [-0.4, -0.2) is 55.3 Å². The third-order valence-corrected chi connectivity index (χ3v) is 0. The van der Waals surface area contributed by atoms with E-state index in [2.05, 4.69) is 24.4 Å². The minimum atomic E-state index is 0. The zero-order valence-corrected chi connectivity index (χ0v) is 8.47. The van der Waals surface area contributed by atoms with Crippen LogP contribution in [0.1, 0.15) is 0 Å². The monoisotopic (exact) mass is 212 g/mol. The Morgan fingerprint density at radius 3 is 0.727 bits per heavy atom. The molecule has 0 atom stereocenters. The quantitative estimate of drug-likeness (QED) is 0.248. The maximum atomic E-state index is 7.13. The number of rotatable bonds is 0. The summed E-state index contributed by atoms with van der Waals surface area (Å²) in [5.74, 6) is 0. The third-order valence-electron chi connectivity index (χ3n) is 0. The molecule has 8 N–H and O–H groups in total. The fraction of sp³-hybridized carbons (Fsp3) is 0. The van der Waals surface area contributed by atoms with Crippen molar-refractivity contribution < 1.29 is 21.9 Å². The fourth-order valence-corrected chi connectivity index (χ4v) is 0. The second-order valence-electron chi connectivity index (χ2n) is 0.183. The van der Waals surface area contributed by atoms with E-state index in [0.717, 1.165) is 0 Å². The Morgan fingerprint density at radius 2 is 0.727 bits per heavy atom. The number of thiocarbonyl (C=S) groups is 2. The van der Waals surface area contributed by atoms with Gasteiger partial charge in [-0.15, -0.1) is 0 Å². The van der Waals surface area contributed by atoms with E-state index in [0.29, 0.717) is 0 Å². The van der Waals surface area contributed by atoms with Gasteiger partial charge in [-0.3, -0.25) is 0 Å². The van der Waals surface area contributed by atoms with Crippen molar-refractivity contribution in [2.24, 2.45) is 0 Å². The minimum Gasteiger partial charge on any atom is -0.753 e. The zero-order chi connectivity index (χ0) is 5.41. The van der Waals surface area contributed by atoms with E-state index in [9.17, 15) is 0 Å². The van der Waals surface area contributed by atoms with Crippen LogP contribution in [-0.2, 0) is 0 Å². The SMILES string of the molecule is O.O.O.O.[Mg+2].[N-]=C=S.[N-]=C=S. The first-order valence-electron chi connectivity index (χ1n) is 0.855. The van der Waals surface area contributed by atoms with Gasteiger partial charge >= 0.3 is 23.1 Å². The summed E-state index contributed by atoms with van der Waals surface area (Å²) in [5, 5.41) is 16.9. The molecule has 0 bridgehead atoms. The summed E-state index contributed by atoms with van der Waals surface area (Å²) < 4.78 is 0. The topological polar surface area (TPSA) is 171 Å². The first-order valence-corrected chi connectivity index (χ1v) is 1.67. The molecule has 6 nitrogen and oxygen atoms in total. The molecule has 0 heterocycles. The van der Waals surface area contributed by atoms with Gasteiger partial charge < -0.3 is 32.7 Å². The van der Waals surface area contributed by atoms with Crippen LogP contribution in [0.15, 0.2) is 0 Å². The molecule has 0 aromatic carbocycles. The molecule has 0 radical (unpaired) electrons. The molecule has 64 valence electrons. The summed E-state index contributed by atoms with van der Waals surface area (Å²) in [6.07, 6.45) is 0. The average molecular weight is 213 g/mol. The van der Waals surface area contributed by atoms with E-state index in [-0.39, 0.29) is 45.0 Å². The Balaban J connectivity index is -0.00000000400. The van der Waals surface area contributed by atoms with E-state index in [1.165, 1.54) is 10.3 Å². The van der Waals surface area contributed by atoms with Gasteiger partial charge in [0.1, 0.15) is 0 Å². The van der Waals surface area contributed by atoms with Crippen molar-refractivity contribution in [1.82, 2.24) is 0 Å². The van der Waals surface area contributed by atoms with E-state index < -0.39 is 0 Å². The molecule has 0 spiro atoms. The second kappa shape index (κ2) is 178. The van der Waals surface area contributed by atoms with Crippen LogP contribution in [0.4, 0.5) is 0 Å². The smallest absolute Gasteiger partial charge is 0.753 e. The molecular formula is C2H8MgN2O4S2. The van der Waals surface area contributed by atoms with Gasteiger partial charge in [-0.2, -0.15) is 10.3 Å². The molecule has 11 heavy (non-hydrogen) atoms. The molecule has 0 unspecified atom stereocenters. The summed E-state index contributed by atoms with van der Waals surface area (Å²) in [6, 6.07) is 0. The molecule has 0 saturated heterocycles. The maximum Gasteiger partial charge on any atom is 2.00 e.